The molecule has 39 heavy (non-hydrogen) atoms. The lowest BCUT2D eigenvalue weighted by atomic mass is 9.92. The predicted octanol–water partition coefficient (Wildman–Crippen LogP) is 3.97. The van der Waals surface area contributed by atoms with Crippen molar-refractivity contribution in [3.05, 3.63) is 47.1 Å². The van der Waals surface area contributed by atoms with Crippen molar-refractivity contribution in [1.82, 2.24) is 9.29 Å². The van der Waals surface area contributed by atoms with Crippen LogP contribution in [0.3, 0.4) is 0 Å². The number of hydrogen-bond donors (Lipinski definition) is 1. The molecule has 2 unspecified atom stereocenters. The lowest BCUT2D eigenvalue weighted by molar-refractivity contribution is -0.142. The second-order valence-electron chi connectivity index (χ2n) is 10.2. The van der Waals surface area contributed by atoms with Crippen molar-refractivity contribution in [1.29, 1.82) is 0 Å². The summed E-state index contributed by atoms with van der Waals surface area (Å²) in [6, 6.07) is 8.63. The Labute approximate surface area is 230 Å². The van der Waals surface area contributed by atoms with Gasteiger partial charge in [0, 0.05) is 56.3 Å². The fraction of sp³-hybridized carbons (Fsp3) is 0.500. The zero-order valence-corrected chi connectivity index (χ0v) is 22.7. The number of amides is 1. The molecule has 1 aromatic carbocycles. The molecule has 1 saturated carbocycles. The summed E-state index contributed by atoms with van der Waals surface area (Å²) in [5.41, 5.74) is 0.345. The molecule has 2 aromatic rings. The van der Waals surface area contributed by atoms with Crippen LogP contribution in [0.15, 0.2) is 41.3 Å². The molecule has 2 saturated heterocycles. The summed E-state index contributed by atoms with van der Waals surface area (Å²) in [5.74, 6) is -5.99. The molecule has 1 N–H and O–H groups in total. The van der Waals surface area contributed by atoms with Crippen molar-refractivity contribution in [2.24, 2.45) is 11.8 Å². The number of carbonyl (C=O) groups is 2. The number of hydrogen-bond acceptors (Lipinski definition) is 6. The van der Waals surface area contributed by atoms with Crippen LogP contribution in [-0.2, 0) is 25.5 Å². The van der Waals surface area contributed by atoms with Gasteiger partial charge in [-0.25, -0.2) is 22.2 Å². The zero-order chi connectivity index (χ0) is 27.9. The lowest BCUT2D eigenvalue weighted by Gasteiger charge is -2.35. The van der Waals surface area contributed by atoms with Gasteiger partial charge in [0.2, 0.25) is 15.9 Å². The van der Waals surface area contributed by atoms with Crippen LogP contribution >= 0.6 is 11.6 Å². The first-order valence-corrected chi connectivity index (χ1v) is 14.7. The molecule has 2 atom stereocenters. The van der Waals surface area contributed by atoms with E-state index < -0.39 is 33.8 Å². The number of aromatic nitrogens is 1. The quantitative estimate of drug-likeness (QED) is 0.492. The van der Waals surface area contributed by atoms with Crippen LogP contribution in [0.5, 0.6) is 0 Å². The molecule has 210 valence electrons. The normalized spacial score (nSPS) is 23.0. The van der Waals surface area contributed by atoms with Crippen molar-refractivity contribution in [3.63, 3.8) is 0 Å². The molecule has 5 rings (SSSR count). The number of carbonyl (C=O) groups excluding carboxylic acids is 1. The zero-order valence-electron chi connectivity index (χ0n) is 21.1. The average molecular weight is 583 g/mol. The summed E-state index contributed by atoms with van der Waals surface area (Å²) < 4.78 is 58.6. The molecular weight excluding hydrogens is 554 g/mol. The van der Waals surface area contributed by atoms with E-state index in [4.69, 9.17) is 11.6 Å². The minimum Gasteiger partial charge on any atom is -0.481 e. The molecule has 13 heteroatoms. The van der Waals surface area contributed by atoms with E-state index in [2.05, 4.69) is 4.98 Å². The van der Waals surface area contributed by atoms with E-state index >= 15 is 8.78 Å². The van der Waals surface area contributed by atoms with Crippen LogP contribution in [-0.4, -0.2) is 67.4 Å². The third-order valence-electron chi connectivity index (χ3n) is 7.88. The fourth-order valence-electron chi connectivity index (χ4n) is 5.63. The maximum atomic E-state index is 15.4. The molecule has 3 aliphatic rings. The minimum atomic E-state index is -3.80. The Balaban J connectivity index is 1.27. The van der Waals surface area contributed by atoms with Gasteiger partial charge >= 0.3 is 5.97 Å². The second kappa shape index (κ2) is 10.6. The average Bonchev–Trinajstić information content (AvgIpc) is 3.59. The van der Waals surface area contributed by atoms with Gasteiger partial charge in [0.05, 0.1) is 10.8 Å². The van der Waals surface area contributed by atoms with E-state index in [0.717, 1.165) is 12.5 Å². The first-order valence-electron chi connectivity index (χ1n) is 12.9. The highest BCUT2D eigenvalue weighted by Gasteiger charge is 2.47. The number of sulfonamides is 1. The summed E-state index contributed by atoms with van der Waals surface area (Å²) in [4.78, 5) is 30.9. The maximum absolute atomic E-state index is 15.4. The van der Waals surface area contributed by atoms with E-state index in [1.807, 2.05) is 0 Å². The number of carboxylic acid groups (broad SMARTS) is 1. The molecule has 0 spiro atoms. The van der Waals surface area contributed by atoms with E-state index in [0.29, 0.717) is 18.7 Å². The Hall–Kier alpha value is -2.83. The van der Waals surface area contributed by atoms with Gasteiger partial charge in [-0.2, -0.15) is 4.31 Å². The van der Waals surface area contributed by atoms with Crippen molar-refractivity contribution >= 4 is 45.0 Å². The molecule has 1 aromatic heterocycles. The standard InChI is InChI=1S/C26H29ClF2N4O5S/c27-22-15-19(26(28,29)18-4-3-17(14-18)25(35)36)16-23(30-22)31-10-12-32(13-11-31)39(37,38)21-7-5-20(6-8-21)33-9-1-2-24(33)34/h5-8,15-18H,1-4,9-14H2,(H,35,36). The van der Waals surface area contributed by atoms with Gasteiger partial charge in [-0.3, -0.25) is 9.59 Å². The Morgan fingerprint density at radius 2 is 1.74 bits per heavy atom. The number of rotatable bonds is 7. The number of carboxylic acids is 1. The number of pyridine rings is 1. The Bertz CT molecular complexity index is 1370. The Kier molecular flexibility index (Phi) is 7.55. The first-order chi connectivity index (χ1) is 18.5. The number of anilines is 2. The van der Waals surface area contributed by atoms with Gasteiger partial charge in [0.25, 0.3) is 5.92 Å². The molecule has 1 aliphatic carbocycles. The molecule has 3 fully saturated rings. The van der Waals surface area contributed by atoms with Crippen molar-refractivity contribution < 1.29 is 31.9 Å². The molecule has 3 heterocycles. The minimum absolute atomic E-state index is 0.0185. The summed E-state index contributed by atoms with van der Waals surface area (Å²) in [6.07, 6.45) is 1.46. The molecule has 9 nitrogen and oxygen atoms in total. The molecule has 1 amide bonds. The third-order valence-corrected chi connectivity index (χ3v) is 9.99. The maximum Gasteiger partial charge on any atom is 0.306 e. The smallest absolute Gasteiger partial charge is 0.306 e. The number of halogens is 3. The second-order valence-corrected chi connectivity index (χ2v) is 12.6. The number of alkyl halides is 2. The van der Waals surface area contributed by atoms with E-state index in [-0.39, 0.29) is 72.8 Å². The summed E-state index contributed by atoms with van der Waals surface area (Å²) in [6.45, 7) is 1.31. The highest BCUT2D eigenvalue weighted by atomic mass is 35.5. The molecule has 2 aliphatic heterocycles. The fourth-order valence-corrected chi connectivity index (χ4v) is 7.26. The molecule has 0 radical (unpaired) electrons. The van der Waals surface area contributed by atoms with Gasteiger partial charge in [0.15, 0.2) is 0 Å². The molecule has 0 bridgehead atoms. The lowest BCUT2D eigenvalue weighted by Crippen LogP contribution is -2.49. The third kappa shape index (κ3) is 5.46. The van der Waals surface area contributed by atoms with Gasteiger partial charge in [0.1, 0.15) is 11.0 Å². The highest BCUT2D eigenvalue weighted by Crippen LogP contribution is 2.47. The number of benzene rings is 1. The van der Waals surface area contributed by atoms with Crippen molar-refractivity contribution in [3.8, 4) is 0 Å². The van der Waals surface area contributed by atoms with Crippen LogP contribution in [0.4, 0.5) is 20.3 Å². The van der Waals surface area contributed by atoms with Gasteiger partial charge < -0.3 is 14.9 Å². The van der Waals surface area contributed by atoms with Gasteiger partial charge in [-0.05, 0) is 62.1 Å². The topological polar surface area (TPSA) is 111 Å². The first kappa shape index (κ1) is 27.7. The molecular formula is C26H29ClF2N4O5S. The van der Waals surface area contributed by atoms with Gasteiger partial charge in [-0.1, -0.05) is 11.6 Å². The predicted molar refractivity (Wildman–Crippen MR) is 141 cm³/mol. The Morgan fingerprint density at radius 3 is 2.33 bits per heavy atom. The van der Waals surface area contributed by atoms with Crippen molar-refractivity contribution in [2.45, 2.75) is 42.9 Å². The highest BCUT2D eigenvalue weighted by molar-refractivity contribution is 7.89. The number of nitrogens with zero attached hydrogens (tertiary/aromatic N) is 4. The SMILES string of the molecule is O=C(O)C1CCC(C(F)(F)c2cc(Cl)nc(N3CCN(S(=O)(=O)c4ccc(N5CCCC5=O)cc4)CC3)c2)C1. The summed E-state index contributed by atoms with van der Waals surface area (Å²) >= 11 is 6.12. The largest absolute Gasteiger partial charge is 0.481 e. The van der Waals surface area contributed by atoms with Crippen LogP contribution in [0, 0.1) is 11.8 Å². The van der Waals surface area contributed by atoms with Crippen LogP contribution in [0.1, 0.15) is 37.7 Å². The van der Waals surface area contributed by atoms with E-state index in [9.17, 15) is 23.1 Å². The van der Waals surface area contributed by atoms with Crippen LogP contribution < -0.4 is 9.80 Å². The van der Waals surface area contributed by atoms with Crippen LogP contribution in [0.2, 0.25) is 5.15 Å². The van der Waals surface area contributed by atoms with E-state index in [1.165, 1.54) is 22.5 Å². The number of aliphatic carboxylic acids is 1. The van der Waals surface area contributed by atoms with E-state index in [1.54, 1.807) is 21.9 Å². The van der Waals surface area contributed by atoms with Gasteiger partial charge in [-0.15, -0.1) is 0 Å². The van der Waals surface area contributed by atoms with Crippen LogP contribution in [0.25, 0.3) is 0 Å². The summed E-state index contributed by atoms with van der Waals surface area (Å²) in [7, 11) is -3.80. The monoisotopic (exact) mass is 582 g/mol. The number of piperazine rings is 1. The van der Waals surface area contributed by atoms with Crippen molar-refractivity contribution in [2.75, 3.05) is 42.5 Å². The summed E-state index contributed by atoms with van der Waals surface area (Å²) in [5, 5.41) is 9.09. The Morgan fingerprint density at radius 1 is 1.05 bits per heavy atom.